The Balaban J connectivity index is 0.000000453. The van der Waals surface area contributed by atoms with Crippen LogP contribution in [0.15, 0.2) is 97.1 Å². The normalized spacial score (nSPS) is 12.6. The molecule has 0 spiro atoms. The molecule has 0 unspecified atom stereocenters. The zero-order valence-electron chi connectivity index (χ0n) is 48.5. The minimum atomic E-state index is 0.137. The van der Waals surface area contributed by atoms with Gasteiger partial charge < -0.3 is 18.9 Å². The Morgan fingerprint density at radius 3 is 0.926 bits per heavy atom. The third kappa shape index (κ3) is 29.2. The Morgan fingerprint density at radius 2 is 0.603 bits per heavy atom. The maximum atomic E-state index is 5.94. The highest BCUT2D eigenvalue weighted by molar-refractivity contribution is 5.38. The van der Waals surface area contributed by atoms with Crippen molar-refractivity contribution >= 4 is 0 Å². The predicted octanol–water partition coefficient (Wildman–Crippen LogP) is 19.2. The zero-order valence-corrected chi connectivity index (χ0v) is 48.5. The quantitative estimate of drug-likeness (QED) is 0.142. The molecule has 0 aliphatic rings. The molecular formula is C64H104O4. The summed E-state index contributed by atoms with van der Waals surface area (Å²) in [6, 6.07) is 33.7. The molecule has 0 saturated heterocycles. The van der Waals surface area contributed by atoms with E-state index in [0.717, 1.165) is 75.1 Å². The number of hydrogen-bond donors (Lipinski definition) is 0. The van der Waals surface area contributed by atoms with E-state index in [0.29, 0.717) is 21.7 Å². The van der Waals surface area contributed by atoms with Gasteiger partial charge in [-0.05, 0) is 134 Å². The van der Waals surface area contributed by atoms with Crippen molar-refractivity contribution in [3.63, 3.8) is 0 Å². The van der Waals surface area contributed by atoms with Crippen LogP contribution in [-0.4, -0.2) is 26.4 Å². The van der Waals surface area contributed by atoms with Crippen LogP contribution in [0, 0.1) is 21.7 Å². The number of para-hydroxylation sites is 1. The van der Waals surface area contributed by atoms with Crippen molar-refractivity contribution in [1.29, 1.82) is 0 Å². The summed E-state index contributed by atoms with van der Waals surface area (Å²) in [6.45, 7) is 56.7. The summed E-state index contributed by atoms with van der Waals surface area (Å²) in [5.74, 6) is 3.97. The lowest BCUT2D eigenvalue weighted by molar-refractivity contribution is 0.239. The van der Waals surface area contributed by atoms with Gasteiger partial charge in [0, 0.05) is 0 Å². The molecule has 4 nitrogen and oxygen atoms in total. The van der Waals surface area contributed by atoms with Crippen LogP contribution in [0.1, 0.15) is 214 Å². The molecule has 0 N–H and O–H groups in total. The molecule has 0 aliphatic carbocycles. The molecule has 0 atom stereocenters. The second-order valence-electron chi connectivity index (χ2n) is 27.7. The molecule has 0 fully saturated rings. The fourth-order valence-corrected chi connectivity index (χ4v) is 6.26. The van der Waals surface area contributed by atoms with Crippen LogP contribution in [0.5, 0.6) is 23.0 Å². The Morgan fingerprint density at radius 1 is 0.279 bits per heavy atom. The summed E-state index contributed by atoms with van der Waals surface area (Å²) < 4.78 is 23.3. The molecule has 68 heavy (non-hydrogen) atoms. The second-order valence-corrected chi connectivity index (χ2v) is 27.7. The van der Waals surface area contributed by atoms with E-state index in [2.05, 4.69) is 251 Å². The van der Waals surface area contributed by atoms with E-state index in [-0.39, 0.29) is 21.7 Å². The molecule has 0 heterocycles. The Bertz CT molecular complexity index is 1890. The van der Waals surface area contributed by atoms with Gasteiger partial charge >= 0.3 is 0 Å². The summed E-state index contributed by atoms with van der Waals surface area (Å²) in [6.07, 6.45) is 4.31. The third-order valence-corrected chi connectivity index (χ3v) is 11.3. The van der Waals surface area contributed by atoms with E-state index >= 15 is 0 Å². The Kier molecular flexibility index (Phi) is 24.0. The van der Waals surface area contributed by atoms with E-state index in [1.165, 1.54) is 22.3 Å². The Labute approximate surface area is 421 Å². The first-order valence-electron chi connectivity index (χ1n) is 25.7. The van der Waals surface area contributed by atoms with Gasteiger partial charge in [-0.25, -0.2) is 0 Å². The van der Waals surface area contributed by atoms with Crippen LogP contribution < -0.4 is 18.9 Å². The van der Waals surface area contributed by atoms with Crippen LogP contribution in [0.4, 0.5) is 0 Å². The zero-order chi connectivity index (χ0) is 52.4. The highest BCUT2D eigenvalue weighted by Crippen LogP contribution is 2.32. The Hall–Kier alpha value is -3.92. The average Bonchev–Trinajstić information content (AvgIpc) is 3.16. The molecule has 0 saturated carbocycles. The monoisotopic (exact) mass is 937 g/mol. The molecule has 4 heteroatoms. The largest absolute Gasteiger partial charge is 0.494 e. The van der Waals surface area contributed by atoms with Crippen LogP contribution in [-0.2, 0) is 21.7 Å². The topological polar surface area (TPSA) is 36.9 Å². The van der Waals surface area contributed by atoms with Crippen molar-refractivity contribution in [2.24, 2.45) is 21.7 Å². The van der Waals surface area contributed by atoms with Gasteiger partial charge in [0.05, 0.1) is 26.4 Å². The predicted molar refractivity (Wildman–Crippen MR) is 299 cm³/mol. The minimum Gasteiger partial charge on any atom is -0.494 e. The number of rotatable bonds is 12. The molecule has 0 radical (unpaired) electrons. The number of hydrogen-bond acceptors (Lipinski definition) is 4. The van der Waals surface area contributed by atoms with E-state index in [1.807, 2.05) is 12.1 Å². The lowest BCUT2D eigenvalue weighted by Crippen LogP contribution is -2.15. The first-order valence-corrected chi connectivity index (χ1v) is 25.7. The molecule has 4 aromatic carbocycles. The van der Waals surface area contributed by atoms with Gasteiger partial charge in [0.2, 0.25) is 0 Å². The van der Waals surface area contributed by atoms with Gasteiger partial charge in [-0.15, -0.1) is 0 Å². The van der Waals surface area contributed by atoms with E-state index < -0.39 is 0 Å². The maximum Gasteiger partial charge on any atom is 0.123 e. The maximum absolute atomic E-state index is 5.94. The van der Waals surface area contributed by atoms with Gasteiger partial charge in [-0.3, -0.25) is 0 Å². The first-order chi connectivity index (χ1) is 30.8. The van der Waals surface area contributed by atoms with Crippen molar-refractivity contribution in [2.45, 2.75) is 214 Å². The fraction of sp³-hybridized carbons (Fsp3) is 0.625. The number of ether oxygens (including phenoxy) is 4. The minimum absolute atomic E-state index is 0.137. The van der Waals surface area contributed by atoms with Crippen LogP contribution in [0.3, 0.4) is 0 Å². The molecule has 384 valence electrons. The van der Waals surface area contributed by atoms with Crippen LogP contribution >= 0.6 is 0 Å². The summed E-state index contributed by atoms with van der Waals surface area (Å²) in [4.78, 5) is 0. The van der Waals surface area contributed by atoms with E-state index in [4.69, 9.17) is 18.9 Å². The molecule has 0 bridgehead atoms. The van der Waals surface area contributed by atoms with Crippen LogP contribution in [0.25, 0.3) is 0 Å². The molecule has 4 rings (SSSR count). The van der Waals surface area contributed by atoms with Gasteiger partial charge in [0.15, 0.2) is 0 Å². The molecular weight excluding hydrogens is 833 g/mol. The summed E-state index contributed by atoms with van der Waals surface area (Å²) in [5.41, 5.74) is 7.39. The van der Waals surface area contributed by atoms with Crippen molar-refractivity contribution in [1.82, 2.24) is 0 Å². The van der Waals surface area contributed by atoms with Crippen molar-refractivity contribution in [3.05, 3.63) is 119 Å². The molecule has 0 aliphatic heterocycles. The standard InChI is InChI=1S/4C16H26O/c2*1-15(2,3)11-12-17-14-9-7-13(8-10-14)16(4,5)6;1-15(2,3)10-11-17-14-9-7-8-13(12-14)16(4,5)6;1-15(2,3)11-12-17-14-10-8-7-9-13(14)16(4,5)6/h2*7-10H,11-12H2,1-6H3;7-9,12H,10-11H2,1-6H3;7-10H,11-12H2,1-6H3. The third-order valence-electron chi connectivity index (χ3n) is 11.3. The smallest absolute Gasteiger partial charge is 0.123 e. The summed E-state index contributed by atoms with van der Waals surface area (Å²) >= 11 is 0. The van der Waals surface area contributed by atoms with Gasteiger partial charge in [-0.2, -0.15) is 0 Å². The lowest BCUT2D eigenvalue weighted by atomic mass is 9.86. The number of benzene rings is 4. The lowest BCUT2D eigenvalue weighted by Gasteiger charge is -2.24. The van der Waals surface area contributed by atoms with E-state index in [1.54, 1.807) is 0 Å². The van der Waals surface area contributed by atoms with Gasteiger partial charge in [0.25, 0.3) is 0 Å². The molecule has 4 aromatic rings. The molecule has 0 aromatic heterocycles. The van der Waals surface area contributed by atoms with Crippen molar-refractivity contribution < 1.29 is 18.9 Å². The summed E-state index contributed by atoms with van der Waals surface area (Å²) in [7, 11) is 0. The second kappa shape index (κ2) is 26.3. The molecule has 0 amide bonds. The van der Waals surface area contributed by atoms with Crippen LogP contribution in [0.2, 0.25) is 0 Å². The fourth-order valence-electron chi connectivity index (χ4n) is 6.26. The van der Waals surface area contributed by atoms with Crippen molar-refractivity contribution in [3.8, 4) is 23.0 Å². The highest BCUT2D eigenvalue weighted by atomic mass is 16.5. The van der Waals surface area contributed by atoms with Gasteiger partial charge in [0.1, 0.15) is 23.0 Å². The van der Waals surface area contributed by atoms with Crippen molar-refractivity contribution in [2.75, 3.05) is 26.4 Å². The van der Waals surface area contributed by atoms with Gasteiger partial charge in [-0.1, -0.05) is 221 Å². The SMILES string of the molecule is CC(C)(C)CCOc1ccc(C(C)(C)C)cc1.CC(C)(C)CCOc1ccc(C(C)(C)C)cc1.CC(C)(C)CCOc1cccc(C(C)(C)C)c1.CC(C)(C)CCOc1ccccc1C(C)(C)C. The van der Waals surface area contributed by atoms with E-state index in [9.17, 15) is 0 Å². The summed E-state index contributed by atoms with van der Waals surface area (Å²) in [5, 5.41) is 0. The highest BCUT2D eigenvalue weighted by Gasteiger charge is 2.20. The first kappa shape index (κ1) is 62.1. The average molecular weight is 938 g/mol.